The molecule has 2 rings (SSSR count). The summed E-state index contributed by atoms with van der Waals surface area (Å²) in [4.78, 5) is 25.6. The number of hydrogen-bond acceptors (Lipinski definition) is 2. The quantitative estimate of drug-likeness (QED) is 0.779. The van der Waals surface area contributed by atoms with Crippen molar-refractivity contribution in [1.82, 2.24) is 10.2 Å². The zero-order chi connectivity index (χ0) is 13.1. The Hall–Kier alpha value is -1.06. The van der Waals surface area contributed by atoms with Crippen LogP contribution in [0.4, 0.5) is 0 Å². The van der Waals surface area contributed by atoms with Crippen LogP contribution in [0, 0.1) is 11.8 Å². The maximum absolute atomic E-state index is 12.2. The number of piperazine rings is 1. The highest BCUT2D eigenvalue weighted by atomic mass is 16.2. The fourth-order valence-electron chi connectivity index (χ4n) is 2.57. The zero-order valence-electron chi connectivity index (χ0n) is 11.4. The lowest BCUT2D eigenvalue weighted by Crippen LogP contribution is -2.58. The van der Waals surface area contributed by atoms with Crippen LogP contribution in [0.2, 0.25) is 0 Å². The molecule has 1 aliphatic carbocycles. The Balaban J connectivity index is 1.83. The molecular formula is C14H24N2O2. The number of carbonyl (C=O) groups excluding carboxylic acids is 2. The first kappa shape index (κ1) is 13.4. The molecule has 0 aromatic carbocycles. The Bertz CT molecular complexity index is 324. The van der Waals surface area contributed by atoms with Crippen LogP contribution in [0.1, 0.15) is 46.0 Å². The molecule has 18 heavy (non-hydrogen) atoms. The number of hydrogen-bond donors (Lipinski definition) is 1. The maximum Gasteiger partial charge on any atom is 0.245 e. The van der Waals surface area contributed by atoms with Crippen LogP contribution in [-0.4, -0.2) is 35.8 Å². The van der Waals surface area contributed by atoms with Gasteiger partial charge >= 0.3 is 0 Å². The van der Waals surface area contributed by atoms with Gasteiger partial charge in [-0.25, -0.2) is 0 Å². The van der Waals surface area contributed by atoms with Crippen molar-refractivity contribution < 1.29 is 9.59 Å². The molecule has 1 atom stereocenters. The van der Waals surface area contributed by atoms with Gasteiger partial charge in [-0.3, -0.25) is 9.59 Å². The van der Waals surface area contributed by atoms with Gasteiger partial charge in [-0.15, -0.1) is 0 Å². The number of carbonyl (C=O) groups is 2. The predicted molar refractivity (Wildman–Crippen MR) is 69.9 cm³/mol. The van der Waals surface area contributed by atoms with Crippen LogP contribution >= 0.6 is 0 Å². The van der Waals surface area contributed by atoms with E-state index in [1.54, 1.807) is 4.90 Å². The Labute approximate surface area is 109 Å². The molecular weight excluding hydrogens is 228 g/mol. The van der Waals surface area contributed by atoms with Crippen molar-refractivity contribution >= 4 is 11.8 Å². The second-order valence-corrected chi connectivity index (χ2v) is 6.10. The Kier molecular flexibility index (Phi) is 4.25. The monoisotopic (exact) mass is 252 g/mol. The lowest BCUT2D eigenvalue weighted by Gasteiger charge is -2.33. The molecule has 1 N–H and O–H groups in total. The highest BCUT2D eigenvalue weighted by molar-refractivity contribution is 5.94. The first-order valence-corrected chi connectivity index (χ1v) is 7.14. The summed E-state index contributed by atoms with van der Waals surface area (Å²) in [6, 6.07) is -0.299. The summed E-state index contributed by atoms with van der Waals surface area (Å²) >= 11 is 0. The first-order valence-electron chi connectivity index (χ1n) is 7.14. The van der Waals surface area contributed by atoms with Crippen LogP contribution in [-0.2, 0) is 9.59 Å². The van der Waals surface area contributed by atoms with Crippen LogP contribution in [0.15, 0.2) is 0 Å². The molecule has 2 amide bonds. The molecule has 1 aliphatic heterocycles. The summed E-state index contributed by atoms with van der Waals surface area (Å²) in [5.41, 5.74) is 0. The standard InChI is InChI=1S/C14H24N2O2/c1-10(2)8-12-14(18)16(9-13(17)15-12)7-3-4-11-5-6-11/h10-12H,3-9H2,1-2H3,(H,15,17). The highest BCUT2D eigenvalue weighted by Gasteiger charge is 2.32. The smallest absolute Gasteiger partial charge is 0.245 e. The van der Waals surface area contributed by atoms with E-state index >= 15 is 0 Å². The Morgan fingerprint density at radius 3 is 2.67 bits per heavy atom. The third-order valence-corrected chi connectivity index (χ3v) is 3.72. The Morgan fingerprint density at radius 2 is 2.06 bits per heavy atom. The fourth-order valence-corrected chi connectivity index (χ4v) is 2.57. The molecule has 0 bridgehead atoms. The van der Waals surface area contributed by atoms with E-state index in [1.165, 1.54) is 19.3 Å². The van der Waals surface area contributed by atoms with E-state index < -0.39 is 0 Å². The minimum absolute atomic E-state index is 0.00771. The summed E-state index contributed by atoms with van der Waals surface area (Å²) in [6.45, 7) is 5.15. The molecule has 0 radical (unpaired) electrons. The molecule has 1 unspecified atom stereocenters. The lowest BCUT2D eigenvalue weighted by atomic mass is 10.0. The van der Waals surface area contributed by atoms with E-state index in [0.717, 1.165) is 25.3 Å². The maximum atomic E-state index is 12.2. The van der Waals surface area contributed by atoms with Gasteiger partial charge in [0.1, 0.15) is 6.04 Å². The van der Waals surface area contributed by atoms with E-state index in [1.807, 2.05) is 0 Å². The van der Waals surface area contributed by atoms with E-state index in [2.05, 4.69) is 19.2 Å². The number of amides is 2. The van der Waals surface area contributed by atoms with Crippen molar-refractivity contribution in [1.29, 1.82) is 0 Å². The predicted octanol–water partition coefficient (Wildman–Crippen LogP) is 1.55. The molecule has 102 valence electrons. The molecule has 1 saturated carbocycles. The van der Waals surface area contributed by atoms with Crippen molar-refractivity contribution in [3.05, 3.63) is 0 Å². The molecule has 4 heteroatoms. The zero-order valence-corrected chi connectivity index (χ0v) is 11.4. The van der Waals surface area contributed by atoms with E-state index in [-0.39, 0.29) is 24.4 Å². The van der Waals surface area contributed by atoms with Crippen LogP contribution in [0.5, 0.6) is 0 Å². The third kappa shape index (κ3) is 3.72. The summed E-state index contributed by atoms with van der Waals surface area (Å²) in [6.07, 6.45) is 5.69. The van der Waals surface area contributed by atoms with Gasteiger partial charge in [-0.2, -0.15) is 0 Å². The van der Waals surface area contributed by atoms with Crippen LogP contribution in [0.25, 0.3) is 0 Å². The van der Waals surface area contributed by atoms with Crippen molar-refractivity contribution in [2.24, 2.45) is 11.8 Å². The Morgan fingerprint density at radius 1 is 1.33 bits per heavy atom. The summed E-state index contributed by atoms with van der Waals surface area (Å²) in [5, 5.41) is 2.81. The molecule has 0 aromatic heterocycles. The highest BCUT2D eigenvalue weighted by Crippen LogP contribution is 2.33. The lowest BCUT2D eigenvalue weighted by molar-refractivity contribution is -0.144. The van der Waals surface area contributed by atoms with Gasteiger partial charge in [0.05, 0.1) is 6.54 Å². The fraction of sp³-hybridized carbons (Fsp3) is 0.857. The topological polar surface area (TPSA) is 49.4 Å². The molecule has 0 aromatic rings. The first-order chi connectivity index (χ1) is 8.56. The molecule has 2 aliphatic rings. The average Bonchev–Trinajstić information content (AvgIpc) is 3.07. The third-order valence-electron chi connectivity index (χ3n) is 3.72. The van der Waals surface area contributed by atoms with E-state index in [4.69, 9.17) is 0 Å². The molecule has 0 spiro atoms. The SMILES string of the molecule is CC(C)CC1NC(=O)CN(CCCC2CC2)C1=O. The summed E-state index contributed by atoms with van der Waals surface area (Å²) < 4.78 is 0. The summed E-state index contributed by atoms with van der Waals surface area (Å²) in [7, 11) is 0. The van der Waals surface area contributed by atoms with Crippen LogP contribution < -0.4 is 5.32 Å². The van der Waals surface area contributed by atoms with E-state index in [0.29, 0.717) is 5.92 Å². The molecule has 1 saturated heterocycles. The van der Waals surface area contributed by atoms with Gasteiger partial charge in [0.2, 0.25) is 11.8 Å². The largest absolute Gasteiger partial charge is 0.343 e. The van der Waals surface area contributed by atoms with Crippen molar-refractivity contribution in [2.75, 3.05) is 13.1 Å². The second-order valence-electron chi connectivity index (χ2n) is 6.10. The summed E-state index contributed by atoms with van der Waals surface area (Å²) in [5.74, 6) is 1.42. The minimum Gasteiger partial charge on any atom is -0.343 e. The van der Waals surface area contributed by atoms with Crippen molar-refractivity contribution in [3.63, 3.8) is 0 Å². The van der Waals surface area contributed by atoms with Gasteiger partial charge in [0.15, 0.2) is 0 Å². The van der Waals surface area contributed by atoms with Crippen molar-refractivity contribution in [2.45, 2.75) is 52.0 Å². The van der Waals surface area contributed by atoms with Gasteiger partial charge in [-0.05, 0) is 31.1 Å². The normalized spacial score (nSPS) is 24.6. The van der Waals surface area contributed by atoms with Gasteiger partial charge in [0.25, 0.3) is 0 Å². The number of nitrogens with zero attached hydrogens (tertiary/aromatic N) is 1. The molecule has 2 fully saturated rings. The average molecular weight is 252 g/mol. The van der Waals surface area contributed by atoms with Crippen molar-refractivity contribution in [3.8, 4) is 0 Å². The second kappa shape index (κ2) is 5.72. The van der Waals surface area contributed by atoms with Gasteiger partial charge < -0.3 is 10.2 Å². The van der Waals surface area contributed by atoms with E-state index in [9.17, 15) is 9.59 Å². The van der Waals surface area contributed by atoms with Gasteiger partial charge in [0, 0.05) is 6.54 Å². The van der Waals surface area contributed by atoms with Gasteiger partial charge in [-0.1, -0.05) is 26.7 Å². The van der Waals surface area contributed by atoms with Crippen LogP contribution in [0.3, 0.4) is 0 Å². The number of nitrogens with one attached hydrogen (secondary N) is 1. The molecule has 4 nitrogen and oxygen atoms in total. The minimum atomic E-state index is -0.299. The molecule has 1 heterocycles. The number of rotatable bonds is 6.